The van der Waals surface area contributed by atoms with Crippen LogP contribution < -0.4 is 5.73 Å². The van der Waals surface area contributed by atoms with Crippen molar-refractivity contribution in [2.45, 2.75) is 25.8 Å². The molecule has 2 N–H and O–H groups in total. The SMILES string of the molecule is CCC(N)Cc1nc(-c2cc(Cl)cc(Cl)c2)no1. The molecular formula is C12H13Cl2N3O. The molecule has 1 aromatic carbocycles. The fourth-order valence-electron chi connectivity index (χ4n) is 1.51. The van der Waals surface area contributed by atoms with Crippen molar-refractivity contribution in [3.63, 3.8) is 0 Å². The molecule has 1 unspecified atom stereocenters. The van der Waals surface area contributed by atoms with Crippen LogP contribution in [0.4, 0.5) is 0 Å². The van der Waals surface area contributed by atoms with Crippen molar-refractivity contribution >= 4 is 23.2 Å². The Labute approximate surface area is 115 Å². The van der Waals surface area contributed by atoms with Gasteiger partial charge in [-0.25, -0.2) is 0 Å². The Hall–Kier alpha value is -1.10. The van der Waals surface area contributed by atoms with Crippen molar-refractivity contribution in [1.29, 1.82) is 0 Å². The molecule has 0 radical (unpaired) electrons. The van der Waals surface area contributed by atoms with E-state index in [1.165, 1.54) is 0 Å². The summed E-state index contributed by atoms with van der Waals surface area (Å²) in [6.45, 7) is 2.01. The van der Waals surface area contributed by atoms with Gasteiger partial charge >= 0.3 is 0 Å². The Morgan fingerprint density at radius 1 is 1.28 bits per heavy atom. The zero-order chi connectivity index (χ0) is 13.1. The summed E-state index contributed by atoms with van der Waals surface area (Å²) in [5, 5.41) is 4.97. The molecular weight excluding hydrogens is 273 g/mol. The molecule has 6 heteroatoms. The van der Waals surface area contributed by atoms with Crippen LogP contribution in [0, 0.1) is 0 Å². The number of nitrogens with two attached hydrogens (primary N) is 1. The maximum atomic E-state index is 5.92. The lowest BCUT2D eigenvalue weighted by atomic mass is 10.2. The topological polar surface area (TPSA) is 64.9 Å². The maximum absolute atomic E-state index is 5.92. The minimum absolute atomic E-state index is 0.0289. The van der Waals surface area contributed by atoms with E-state index in [0.29, 0.717) is 28.2 Å². The Bertz CT molecular complexity index is 522. The number of rotatable bonds is 4. The second kappa shape index (κ2) is 5.69. The van der Waals surface area contributed by atoms with Gasteiger partial charge in [0.2, 0.25) is 11.7 Å². The molecule has 0 spiro atoms. The fraction of sp³-hybridized carbons (Fsp3) is 0.333. The first-order valence-corrected chi connectivity index (χ1v) is 6.38. The zero-order valence-corrected chi connectivity index (χ0v) is 11.4. The molecule has 1 aromatic heterocycles. The molecule has 0 saturated carbocycles. The highest BCUT2D eigenvalue weighted by Crippen LogP contribution is 2.25. The largest absolute Gasteiger partial charge is 0.339 e. The van der Waals surface area contributed by atoms with Gasteiger partial charge in [0.25, 0.3) is 0 Å². The van der Waals surface area contributed by atoms with Crippen LogP contribution in [0.1, 0.15) is 19.2 Å². The maximum Gasteiger partial charge on any atom is 0.228 e. The second-order valence-electron chi connectivity index (χ2n) is 4.04. The lowest BCUT2D eigenvalue weighted by Gasteiger charge is -2.02. The highest BCUT2D eigenvalue weighted by molar-refractivity contribution is 6.35. The van der Waals surface area contributed by atoms with Crippen LogP contribution in [-0.2, 0) is 6.42 Å². The molecule has 0 aliphatic rings. The molecule has 4 nitrogen and oxygen atoms in total. The average molecular weight is 286 g/mol. The van der Waals surface area contributed by atoms with Gasteiger partial charge in [-0.05, 0) is 24.6 Å². The number of hydrogen-bond donors (Lipinski definition) is 1. The summed E-state index contributed by atoms with van der Waals surface area (Å²) in [6.07, 6.45) is 1.43. The third-order valence-electron chi connectivity index (χ3n) is 2.55. The molecule has 0 fully saturated rings. The van der Waals surface area contributed by atoms with Crippen molar-refractivity contribution in [2.75, 3.05) is 0 Å². The summed E-state index contributed by atoms with van der Waals surface area (Å²) < 4.78 is 5.14. The monoisotopic (exact) mass is 285 g/mol. The third kappa shape index (κ3) is 3.22. The predicted octanol–water partition coefficient (Wildman–Crippen LogP) is 3.32. The van der Waals surface area contributed by atoms with E-state index in [0.717, 1.165) is 12.0 Å². The standard InChI is InChI=1S/C12H13Cl2N3O/c1-2-10(15)6-11-16-12(17-18-11)7-3-8(13)5-9(14)4-7/h3-5,10H,2,6,15H2,1H3. The highest BCUT2D eigenvalue weighted by Gasteiger charge is 2.12. The normalized spacial score (nSPS) is 12.7. The number of benzene rings is 1. The van der Waals surface area contributed by atoms with E-state index in [4.69, 9.17) is 33.5 Å². The Balaban J connectivity index is 2.23. The molecule has 0 bridgehead atoms. The van der Waals surface area contributed by atoms with Crippen LogP contribution in [0.2, 0.25) is 10.0 Å². The molecule has 18 heavy (non-hydrogen) atoms. The lowest BCUT2D eigenvalue weighted by molar-refractivity contribution is 0.368. The van der Waals surface area contributed by atoms with Crippen LogP contribution in [0.5, 0.6) is 0 Å². The minimum atomic E-state index is 0.0289. The van der Waals surface area contributed by atoms with Gasteiger partial charge in [0.1, 0.15) is 0 Å². The molecule has 1 atom stereocenters. The molecule has 96 valence electrons. The summed E-state index contributed by atoms with van der Waals surface area (Å²) in [5.41, 5.74) is 6.56. The van der Waals surface area contributed by atoms with Gasteiger partial charge in [0.15, 0.2) is 0 Å². The number of aromatic nitrogens is 2. The van der Waals surface area contributed by atoms with Crippen LogP contribution in [0.15, 0.2) is 22.7 Å². The summed E-state index contributed by atoms with van der Waals surface area (Å²) in [5.74, 6) is 0.994. The van der Waals surface area contributed by atoms with Crippen molar-refractivity contribution < 1.29 is 4.52 Å². The van der Waals surface area contributed by atoms with Crippen molar-refractivity contribution in [2.24, 2.45) is 5.73 Å². The summed E-state index contributed by atoms with van der Waals surface area (Å²) in [6, 6.07) is 5.16. The van der Waals surface area contributed by atoms with Gasteiger partial charge in [0, 0.05) is 28.1 Å². The third-order valence-corrected chi connectivity index (χ3v) is 2.99. The smallest absolute Gasteiger partial charge is 0.228 e. The highest BCUT2D eigenvalue weighted by atomic mass is 35.5. The summed E-state index contributed by atoms with van der Waals surface area (Å²) in [7, 11) is 0. The van der Waals surface area contributed by atoms with E-state index in [9.17, 15) is 0 Å². The van der Waals surface area contributed by atoms with Crippen LogP contribution in [0.25, 0.3) is 11.4 Å². The van der Waals surface area contributed by atoms with E-state index in [-0.39, 0.29) is 6.04 Å². The molecule has 1 heterocycles. The Morgan fingerprint density at radius 3 is 2.56 bits per heavy atom. The van der Waals surface area contributed by atoms with Gasteiger partial charge in [-0.15, -0.1) is 0 Å². The first-order valence-electron chi connectivity index (χ1n) is 5.63. The van der Waals surface area contributed by atoms with Gasteiger partial charge in [0.05, 0.1) is 0 Å². The molecule has 0 amide bonds. The van der Waals surface area contributed by atoms with Crippen molar-refractivity contribution in [3.8, 4) is 11.4 Å². The fourth-order valence-corrected chi connectivity index (χ4v) is 2.03. The quantitative estimate of drug-likeness (QED) is 0.936. The van der Waals surface area contributed by atoms with Gasteiger partial charge < -0.3 is 10.3 Å². The number of nitrogens with zero attached hydrogens (tertiary/aromatic N) is 2. The number of halogens is 2. The van der Waals surface area contributed by atoms with Crippen LogP contribution in [-0.4, -0.2) is 16.2 Å². The van der Waals surface area contributed by atoms with Gasteiger partial charge in [-0.2, -0.15) is 4.98 Å². The van der Waals surface area contributed by atoms with Gasteiger partial charge in [-0.1, -0.05) is 35.3 Å². The molecule has 2 aromatic rings. The molecule has 2 rings (SSSR count). The van der Waals surface area contributed by atoms with E-state index >= 15 is 0 Å². The first-order chi connectivity index (χ1) is 8.58. The Kier molecular flexibility index (Phi) is 4.22. The summed E-state index contributed by atoms with van der Waals surface area (Å²) in [4.78, 5) is 4.28. The second-order valence-corrected chi connectivity index (χ2v) is 4.92. The minimum Gasteiger partial charge on any atom is -0.339 e. The average Bonchev–Trinajstić information content (AvgIpc) is 2.76. The van der Waals surface area contributed by atoms with Crippen LogP contribution in [0.3, 0.4) is 0 Å². The van der Waals surface area contributed by atoms with E-state index < -0.39 is 0 Å². The molecule has 0 aliphatic heterocycles. The molecule has 0 saturated heterocycles. The van der Waals surface area contributed by atoms with Crippen molar-refractivity contribution in [3.05, 3.63) is 34.1 Å². The van der Waals surface area contributed by atoms with Crippen molar-refractivity contribution in [1.82, 2.24) is 10.1 Å². The summed E-state index contributed by atoms with van der Waals surface area (Å²) >= 11 is 11.8. The molecule has 0 aliphatic carbocycles. The lowest BCUT2D eigenvalue weighted by Crippen LogP contribution is -2.21. The van der Waals surface area contributed by atoms with Crippen LogP contribution >= 0.6 is 23.2 Å². The Morgan fingerprint density at radius 2 is 1.94 bits per heavy atom. The predicted molar refractivity (Wildman–Crippen MR) is 71.7 cm³/mol. The van der Waals surface area contributed by atoms with Gasteiger partial charge in [-0.3, -0.25) is 0 Å². The van der Waals surface area contributed by atoms with E-state index in [1.54, 1.807) is 18.2 Å². The van der Waals surface area contributed by atoms with E-state index in [2.05, 4.69) is 10.1 Å². The zero-order valence-electron chi connectivity index (χ0n) is 9.86. The first kappa shape index (κ1) is 13.3. The number of hydrogen-bond acceptors (Lipinski definition) is 4. The van der Waals surface area contributed by atoms with E-state index in [1.807, 2.05) is 6.92 Å².